The first-order valence-corrected chi connectivity index (χ1v) is 15.1. The van der Waals surface area contributed by atoms with E-state index in [4.69, 9.17) is 9.16 Å². The van der Waals surface area contributed by atoms with E-state index in [2.05, 4.69) is 44.5 Å². The standard InChI is InChI=1S/C26H37N3O5Si/c1-26(2,3)35(4,5)34-24-17-20(29(31)32)15-16-22(24)28-25(30)27-21-13-9-10-14-23(21)33-18-19-11-7-6-8-12-19/h6-8,11-12,15-17,21,23H,9-10,13-14,18H2,1-5H3,(H2,27,28,30). The number of nitro benzene ring substituents is 1. The van der Waals surface area contributed by atoms with Crippen LogP contribution in [-0.4, -0.2) is 31.4 Å². The number of hydrogen-bond acceptors (Lipinski definition) is 5. The van der Waals surface area contributed by atoms with Crippen molar-refractivity contribution in [2.24, 2.45) is 0 Å². The highest BCUT2D eigenvalue weighted by molar-refractivity contribution is 6.74. The molecule has 1 aliphatic carbocycles. The van der Waals surface area contributed by atoms with Crippen LogP contribution in [0.25, 0.3) is 0 Å². The van der Waals surface area contributed by atoms with E-state index in [1.165, 1.54) is 18.2 Å². The van der Waals surface area contributed by atoms with Gasteiger partial charge in [0.25, 0.3) is 14.0 Å². The van der Waals surface area contributed by atoms with Crippen molar-refractivity contribution in [3.63, 3.8) is 0 Å². The van der Waals surface area contributed by atoms with Crippen LogP contribution in [0.1, 0.15) is 52.0 Å². The normalized spacial score (nSPS) is 18.5. The molecule has 1 aliphatic rings. The summed E-state index contributed by atoms with van der Waals surface area (Å²) in [6.45, 7) is 10.9. The molecule has 2 N–H and O–H groups in total. The lowest BCUT2D eigenvalue weighted by molar-refractivity contribution is -0.384. The summed E-state index contributed by atoms with van der Waals surface area (Å²) in [6.07, 6.45) is 3.73. The smallest absolute Gasteiger partial charge is 0.319 e. The fourth-order valence-electron chi connectivity index (χ4n) is 3.81. The van der Waals surface area contributed by atoms with Crippen LogP contribution < -0.4 is 15.1 Å². The van der Waals surface area contributed by atoms with E-state index >= 15 is 0 Å². The van der Waals surface area contributed by atoms with Gasteiger partial charge in [-0.05, 0) is 42.6 Å². The van der Waals surface area contributed by atoms with Crippen molar-refractivity contribution in [3.8, 4) is 5.75 Å². The molecule has 1 saturated carbocycles. The Morgan fingerprint density at radius 2 is 1.80 bits per heavy atom. The van der Waals surface area contributed by atoms with E-state index < -0.39 is 13.2 Å². The molecule has 190 valence electrons. The van der Waals surface area contributed by atoms with Gasteiger partial charge in [0.05, 0.1) is 35.4 Å². The third-order valence-corrected chi connectivity index (χ3v) is 11.3. The topological polar surface area (TPSA) is 103 Å². The van der Waals surface area contributed by atoms with Gasteiger partial charge in [0.2, 0.25) is 0 Å². The van der Waals surface area contributed by atoms with E-state index in [1.54, 1.807) is 0 Å². The molecular weight excluding hydrogens is 462 g/mol. The van der Waals surface area contributed by atoms with Crippen LogP contribution in [0, 0.1) is 10.1 Å². The van der Waals surface area contributed by atoms with Crippen LogP contribution in [0.4, 0.5) is 16.2 Å². The minimum atomic E-state index is -2.30. The molecule has 0 heterocycles. The Bertz CT molecular complexity index is 1020. The molecule has 2 aromatic carbocycles. The number of nitrogens with zero attached hydrogens (tertiary/aromatic N) is 1. The van der Waals surface area contributed by atoms with Crippen molar-refractivity contribution in [1.29, 1.82) is 0 Å². The molecule has 0 bridgehead atoms. The number of hydrogen-bond donors (Lipinski definition) is 2. The number of carbonyl (C=O) groups excluding carboxylic acids is 1. The van der Waals surface area contributed by atoms with Gasteiger partial charge in [-0.2, -0.15) is 0 Å². The van der Waals surface area contributed by atoms with Crippen LogP contribution in [0.15, 0.2) is 48.5 Å². The van der Waals surface area contributed by atoms with Gasteiger partial charge in [0.15, 0.2) is 0 Å². The lowest BCUT2D eigenvalue weighted by Gasteiger charge is -2.37. The maximum absolute atomic E-state index is 13.0. The summed E-state index contributed by atoms with van der Waals surface area (Å²) < 4.78 is 12.5. The van der Waals surface area contributed by atoms with Gasteiger partial charge >= 0.3 is 6.03 Å². The maximum atomic E-state index is 13.0. The van der Waals surface area contributed by atoms with Crippen molar-refractivity contribution in [1.82, 2.24) is 5.32 Å². The Morgan fingerprint density at radius 1 is 1.11 bits per heavy atom. The molecule has 2 aromatic rings. The summed E-state index contributed by atoms with van der Waals surface area (Å²) in [5.74, 6) is 0.321. The Balaban J connectivity index is 1.71. The quantitative estimate of drug-likeness (QED) is 0.241. The average Bonchev–Trinajstić information content (AvgIpc) is 2.79. The minimum absolute atomic E-state index is 0.0745. The zero-order chi connectivity index (χ0) is 25.6. The monoisotopic (exact) mass is 499 g/mol. The van der Waals surface area contributed by atoms with Crippen molar-refractivity contribution in [2.45, 2.75) is 83.3 Å². The number of ether oxygens (including phenoxy) is 1. The lowest BCUT2D eigenvalue weighted by Crippen LogP contribution is -2.48. The van der Waals surface area contributed by atoms with E-state index in [1.807, 2.05) is 30.3 Å². The molecule has 3 rings (SSSR count). The van der Waals surface area contributed by atoms with Crippen molar-refractivity contribution in [2.75, 3.05) is 5.32 Å². The molecule has 0 radical (unpaired) electrons. The fourth-order valence-corrected chi connectivity index (χ4v) is 4.83. The molecule has 0 spiro atoms. The Labute approximate surface area is 208 Å². The molecule has 2 atom stereocenters. The number of nitro groups is 1. The largest absolute Gasteiger partial charge is 0.542 e. The summed E-state index contributed by atoms with van der Waals surface area (Å²) in [5.41, 5.74) is 1.43. The van der Waals surface area contributed by atoms with Crippen LogP contribution in [0.5, 0.6) is 5.75 Å². The molecule has 8 nitrogen and oxygen atoms in total. The van der Waals surface area contributed by atoms with Gasteiger partial charge in [0.1, 0.15) is 5.75 Å². The van der Waals surface area contributed by atoms with Gasteiger partial charge in [-0.25, -0.2) is 4.79 Å². The lowest BCUT2D eigenvalue weighted by atomic mass is 9.92. The first-order valence-electron chi connectivity index (χ1n) is 12.2. The summed E-state index contributed by atoms with van der Waals surface area (Å²) in [7, 11) is -2.30. The van der Waals surface area contributed by atoms with Crippen molar-refractivity contribution < 1.29 is 18.9 Å². The number of anilines is 1. The third kappa shape index (κ3) is 7.28. The number of nitrogens with one attached hydrogen (secondary N) is 2. The number of benzene rings is 2. The summed E-state index contributed by atoms with van der Waals surface area (Å²) >= 11 is 0. The fraction of sp³-hybridized carbons (Fsp3) is 0.500. The molecule has 2 amide bonds. The Hall–Kier alpha value is -2.91. The third-order valence-electron chi connectivity index (χ3n) is 6.92. The zero-order valence-corrected chi connectivity index (χ0v) is 22.3. The maximum Gasteiger partial charge on any atom is 0.319 e. The summed E-state index contributed by atoms with van der Waals surface area (Å²) in [4.78, 5) is 23.9. The van der Waals surface area contributed by atoms with E-state index in [9.17, 15) is 14.9 Å². The van der Waals surface area contributed by atoms with Gasteiger partial charge < -0.3 is 19.8 Å². The van der Waals surface area contributed by atoms with E-state index in [0.29, 0.717) is 18.0 Å². The predicted molar refractivity (Wildman–Crippen MR) is 140 cm³/mol. The van der Waals surface area contributed by atoms with Crippen LogP contribution in [0.3, 0.4) is 0 Å². The van der Waals surface area contributed by atoms with Gasteiger partial charge in [-0.1, -0.05) is 63.9 Å². The first-order chi connectivity index (χ1) is 16.5. The van der Waals surface area contributed by atoms with Crippen molar-refractivity contribution >= 4 is 25.7 Å². The number of urea groups is 1. The zero-order valence-electron chi connectivity index (χ0n) is 21.3. The van der Waals surface area contributed by atoms with Gasteiger partial charge in [0, 0.05) is 6.07 Å². The van der Waals surface area contributed by atoms with Crippen LogP contribution in [-0.2, 0) is 11.3 Å². The molecule has 1 fully saturated rings. The second kappa shape index (κ2) is 11.2. The molecule has 0 aromatic heterocycles. The molecule has 9 heteroatoms. The van der Waals surface area contributed by atoms with Crippen LogP contribution >= 0.6 is 0 Å². The molecule has 35 heavy (non-hydrogen) atoms. The number of amides is 2. The SMILES string of the molecule is CC(C)(C)[Si](C)(C)Oc1cc([N+](=O)[O-])ccc1NC(=O)NC1CCCCC1OCc1ccccc1. The van der Waals surface area contributed by atoms with Gasteiger partial charge in [-0.3, -0.25) is 10.1 Å². The first kappa shape index (κ1) is 26.7. The predicted octanol–water partition coefficient (Wildman–Crippen LogP) is 6.63. The highest BCUT2D eigenvalue weighted by atomic mass is 28.4. The summed E-state index contributed by atoms with van der Waals surface area (Å²) in [5, 5.41) is 17.2. The van der Waals surface area contributed by atoms with Gasteiger partial charge in [-0.15, -0.1) is 0 Å². The molecule has 0 aliphatic heterocycles. The average molecular weight is 500 g/mol. The Kier molecular flexibility index (Phi) is 8.55. The van der Waals surface area contributed by atoms with E-state index in [0.717, 1.165) is 31.2 Å². The molecule has 2 unspecified atom stereocenters. The van der Waals surface area contributed by atoms with Crippen molar-refractivity contribution in [3.05, 3.63) is 64.2 Å². The number of rotatable bonds is 8. The second-order valence-corrected chi connectivity index (χ2v) is 15.3. The number of carbonyl (C=O) groups is 1. The highest BCUT2D eigenvalue weighted by Gasteiger charge is 2.40. The second-order valence-electron chi connectivity index (χ2n) is 10.6. The number of non-ortho nitro benzene ring substituents is 1. The minimum Gasteiger partial charge on any atom is -0.542 e. The molecular formula is C26H37N3O5Si. The highest BCUT2D eigenvalue weighted by Crippen LogP contribution is 2.40. The van der Waals surface area contributed by atoms with Crippen LogP contribution in [0.2, 0.25) is 18.1 Å². The Morgan fingerprint density at radius 3 is 2.46 bits per heavy atom. The van der Waals surface area contributed by atoms with E-state index in [-0.39, 0.29) is 28.9 Å². The summed E-state index contributed by atoms with van der Waals surface area (Å²) in [6, 6.07) is 13.8. The molecule has 0 saturated heterocycles.